The molecule has 20 heavy (non-hydrogen) atoms. The maximum atomic E-state index is 12.0. The molecule has 0 saturated carbocycles. The number of hydrogen-bond donors (Lipinski definition) is 3. The molecule has 0 atom stereocenters. The van der Waals surface area contributed by atoms with E-state index in [2.05, 4.69) is 15.0 Å². The molecule has 2 heterocycles. The van der Waals surface area contributed by atoms with E-state index in [4.69, 9.17) is 5.73 Å². The fraction of sp³-hybridized carbons (Fsp3) is 0.154. The number of nitrogens with one attached hydrogen (secondary N) is 2. The van der Waals surface area contributed by atoms with Crippen molar-refractivity contribution in [3.8, 4) is 0 Å². The summed E-state index contributed by atoms with van der Waals surface area (Å²) in [5.74, 6) is 0. The fourth-order valence-corrected chi connectivity index (χ4v) is 2.17. The lowest BCUT2D eigenvalue weighted by Gasteiger charge is -2.07. The first-order chi connectivity index (χ1) is 9.56. The number of fused-ring (bicyclic) bond motifs is 1. The van der Waals surface area contributed by atoms with Crippen molar-refractivity contribution in [2.75, 3.05) is 5.73 Å². The van der Waals surface area contributed by atoms with Crippen molar-refractivity contribution >= 4 is 16.7 Å². The van der Waals surface area contributed by atoms with E-state index in [9.17, 15) is 9.59 Å². The Morgan fingerprint density at radius 1 is 1.30 bits per heavy atom. The van der Waals surface area contributed by atoms with E-state index in [1.165, 1.54) is 6.20 Å². The average molecular weight is 271 g/mol. The fourth-order valence-electron chi connectivity index (χ4n) is 2.17. The van der Waals surface area contributed by atoms with Crippen LogP contribution >= 0.6 is 0 Å². The Bertz CT molecular complexity index is 903. The summed E-state index contributed by atoms with van der Waals surface area (Å²) in [6.07, 6.45) is 2.96. The molecule has 0 unspecified atom stereocenters. The van der Waals surface area contributed by atoms with Crippen molar-refractivity contribution in [2.24, 2.45) is 0 Å². The Morgan fingerprint density at radius 2 is 2.10 bits per heavy atom. The van der Waals surface area contributed by atoms with Gasteiger partial charge in [-0.1, -0.05) is 0 Å². The molecule has 2 aromatic heterocycles. The number of nitrogens with two attached hydrogens (primary N) is 1. The van der Waals surface area contributed by atoms with Gasteiger partial charge in [-0.3, -0.25) is 9.36 Å². The Kier molecular flexibility index (Phi) is 2.67. The first-order valence-corrected chi connectivity index (χ1v) is 6.07. The van der Waals surface area contributed by atoms with Crippen molar-refractivity contribution in [2.45, 2.75) is 13.5 Å². The number of rotatable bonds is 2. The summed E-state index contributed by atoms with van der Waals surface area (Å²) < 4.78 is 1.15. The highest BCUT2D eigenvalue weighted by molar-refractivity contribution is 5.87. The van der Waals surface area contributed by atoms with Crippen LogP contribution in [0.2, 0.25) is 0 Å². The second-order valence-corrected chi connectivity index (χ2v) is 4.65. The number of aryl methyl sites for hydroxylation is 1. The third-order valence-electron chi connectivity index (χ3n) is 3.19. The Balaban J connectivity index is 2.12. The SMILES string of the molecule is Cc1c[nH]c(=O)n(Cc2cc(N)c3nc[nH]c3c2)c1=O. The Hall–Kier alpha value is -2.83. The Morgan fingerprint density at radius 3 is 2.90 bits per heavy atom. The molecule has 0 radical (unpaired) electrons. The minimum atomic E-state index is -0.441. The smallest absolute Gasteiger partial charge is 0.328 e. The number of hydrogen-bond acceptors (Lipinski definition) is 4. The quantitative estimate of drug-likeness (QED) is 0.584. The summed E-state index contributed by atoms with van der Waals surface area (Å²) in [7, 11) is 0. The van der Waals surface area contributed by atoms with Gasteiger partial charge in [0.05, 0.1) is 24.1 Å². The predicted molar refractivity (Wildman–Crippen MR) is 75.7 cm³/mol. The maximum Gasteiger partial charge on any atom is 0.328 e. The van der Waals surface area contributed by atoms with Gasteiger partial charge in [0.2, 0.25) is 0 Å². The molecule has 0 saturated heterocycles. The average Bonchev–Trinajstić information content (AvgIpc) is 2.88. The maximum absolute atomic E-state index is 12.0. The van der Waals surface area contributed by atoms with E-state index in [1.807, 2.05) is 6.07 Å². The van der Waals surface area contributed by atoms with Crippen molar-refractivity contribution in [3.63, 3.8) is 0 Å². The number of aromatic nitrogens is 4. The van der Waals surface area contributed by atoms with E-state index in [0.717, 1.165) is 15.6 Å². The van der Waals surface area contributed by atoms with Crippen LogP contribution in [0.25, 0.3) is 11.0 Å². The summed E-state index contributed by atoms with van der Waals surface area (Å²) in [6.45, 7) is 1.82. The van der Waals surface area contributed by atoms with Crippen molar-refractivity contribution in [1.29, 1.82) is 0 Å². The largest absolute Gasteiger partial charge is 0.397 e. The molecule has 7 heteroatoms. The van der Waals surface area contributed by atoms with Gasteiger partial charge in [0.15, 0.2) is 0 Å². The molecule has 7 nitrogen and oxygen atoms in total. The standard InChI is InChI=1S/C13H13N5O2/c1-7-4-15-13(20)18(12(7)19)5-8-2-9(14)11-10(3-8)16-6-17-11/h2-4,6H,5,14H2,1H3,(H,15,20)(H,16,17). The number of H-pyrrole nitrogens is 2. The second kappa shape index (κ2) is 4.37. The van der Waals surface area contributed by atoms with Crippen molar-refractivity contribution in [3.05, 3.63) is 56.6 Å². The van der Waals surface area contributed by atoms with Gasteiger partial charge >= 0.3 is 5.69 Å². The van der Waals surface area contributed by atoms with Gasteiger partial charge < -0.3 is 15.7 Å². The van der Waals surface area contributed by atoms with Crippen LogP contribution in [0.3, 0.4) is 0 Å². The van der Waals surface area contributed by atoms with Gasteiger partial charge in [0.1, 0.15) is 5.52 Å². The molecule has 0 amide bonds. The summed E-state index contributed by atoms with van der Waals surface area (Å²) in [6, 6.07) is 3.55. The van der Waals surface area contributed by atoms with Gasteiger partial charge in [-0.05, 0) is 24.6 Å². The van der Waals surface area contributed by atoms with E-state index >= 15 is 0 Å². The highest BCUT2D eigenvalue weighted by Crippen LogP contribution is 2.19. The van der Waals surface area contributed by atoms with Crippen LogP contribution in [0.5, 0.6) is 0 Å². The number of anilines is 1. The van der Waals surface area contributed by atoms with Gasteiger partial charge in [0.25, 0.3) is 5.56 Å². The Labute approximate surface area is 113 Å². The molecule has 102 valence electrons. The molecule has 0 bridgehead atoms. The third kappa shape index (κ3) is 1.89. The van der Waals surface area contributed by atoms with Crippen LogP contribution in [0.15, 0.2) is 34.2 Å². The molecule has 1 aromatic carbocycles. The highest BCUT2D eigenvalue weighted by atomic mass is 16.2. The van der Waals surface area contributed by atoms with E-state index in [-0.39, 0.29) is 12.1 Å². The number of benzene rings is 1. The van der Waals surface area contributed by atoms with Gasteiger partial charge in [-0.15, -0.1) is 0 Å². The van der Waals surface area contributed by atoms with E-state index in [0.29, 0.717) is 16.8 Å². The minimum absolute atomic E-state index is 0.162. The predicted octanol–water partition coefficient (Wildman–Crippen LogP) is 0.352. The zero-order chi connectivity index (χ0) is 14.3. The molecule has 3 rings (SSSR count). The molecule has 0 aliphatic heterocycles. The first kappa shape index (κ1) is 12.2. The molecular weight excluding hydrogens is 258 g/mol. The number of nitrogen functional groups attached to an aromatic ring is 1. The van der Waals surface area contributed by atoms with Crippen LogP contribution in [-0.4, -0.2) is 19.5 Å². The second-order valence-electron chi connectivity index (χ2n) is 4.65. The topological polar surface area (TPSA) is 110 Å². The van der Waals surface area contributed by atoms with E-state index < -0.39 is 5.69 Å². The summed E-state index contributed by atoms with van der Waals surface area (Å²) in [5, 5.41) is 0. The molecule has 0 aliphatic rings. The highest BCUT2D eigenvalue weighted by Gasteiger charge is 2.08. The van der Waals surface area contributed by atoms with Gasteiger partial charge in [0, 0.05) is 11.8 Å². The lowest BCUT2D eigenvalue weighted by Crippen LogP contribution is -2.36. The first-order valence-electron chi connectivity index (χ1n) is 6.07. The minimum Gasteiger partial charge on any atom is -0.397 e. The van der Waals surface area contributed by atoms with Crippen LogP contribution in [0.1, 0.15) is 11.1 Å². The summed E-state index contributed by atoms with van der Waals surface area (Å²) in [5.41, 5.74) is 8.37. The number of aromatic amines is 2. The number of imidazole rings is 1. The van der Waals surface area contributed by atoms with Crippen LogP contribution < -0.4 is 17.0 Å². The van der Waals surface area contributed by atoms with Gasteiger partial charge in [-0.25, -0.2) is 9.78 Å². The van der Waals surface area contributed by atoms with E-state index in [1.54, 1.807) is 19.3 Å². The molecule has 3 aromatic rings. The van der Waals surface area contributed by atoms with Crippen LogP contribution in [0, 0.1) is 6.92 Å². The molecule has 0 aliphatic carbocycles. The molecular formula is C13H13N5O2. The van der Waals surface area contributed by atoms with Crippen LogP contribution in [0.4, 0.5) is 5.69 Å². The monoisotopic (exact) mass is 271 g/mol. The van der Waals surface area contributed by atoms with Crippen LogP contribution in [-0.2, 0) is 6.54 Å². The number of nitrogens with zero attached hydrogens (tertiary/aromatic N) is 2. The molecule has 0 spiro atoms. The molecule has 0 fully saturated rings. The van der Waals surface area contributed by atoms with Crippen molar-refractivity contribution in [1.82, 2.24) is 19.5 Å². The zero-order valence-corrected chi connectivity index (χ0v) is 10.8. The lowest BCUT2D eigenvalue weighted by atomic mass is 10.1. The third-order valence-corrected chi connectivity index (χ3v) is 3.19. The summed E-state index contributed by atoms with van der Waals surface area (Å²) in [4.78, 5) is 33.3. The summed E-state index contributed by atoms with van der Waals surface area (Å²) >= 11 is 0. The van der Waals surface area contributed by atoms with Gasteiger partial charge in [-0.2, -0.15) is 0 Å². The zero-order valence-electron chi connectivity index (χ0n) is 10.8. The molecule has 4 N–H and O–H groups in total. The lowest BCUT2D eigenvalue weighted by molar-refractivity contribution is 0.692. The normalized spacial score (nSPS) is 11.1. The van der Waals surface area contributed by atoms with Crippen molar-refractivity contribution < 1.29 is 0 Å².